The van der Waals surface area contributed by atoms with Crippen LogP contribution in [0.25, 0.3) is 0 Å². The molecule has 22 heavy (non-hydrogen) atoms. The molecular formula is C13H18N6O2S. The van der Waals surface area contributed by atoms with Crippen molar-refractivity contribution in [2.45, 2.75) is 30.7 Å². The van der Waals surface area contributed by atoms with Crippen LogP contribution in [0.2, 0.25) is 0 Å². The highest BCUT2D eigenvalue weighted by Gasteiger charge is 2.37. The summed E-state index contributed by atoms with van der Waals surface area (Å²) in [5, 5.41) is 9.26. The molecule has 1 saturated heterocycles. The first-order chi connectivity index (χ1) is 10.5. The summed E-state index contributed by atoms with van der Waals surface area (Å²) >= 11 is 0. The molecule has 1 atom stereocenters. The number of H-pyrrole nitrogens is 1. The molecule has 1 aliphatic heterocycles. The van der Waals surface area contributed by atoms with Gasteiger partial charge in [0.25, 0.3) is 0 Å². The van der Waals surface area contributed by atoms with E-state index in [2.05, 4.69) is 25.5 Å². The van der Waals surface area contributed by atoms with Crippen LogP contribution in [-0.2, 0) is 10.0 Å². The van der Waals surface area contributed by atoms with Crippen LogP contribution in [0.4, 0.5) is 5.82 Å². The van der Waals surface area contributed by atoms with Crippen LogP contribution < -0.4 is 5.32 Å². The highest BCUT2D eigenvalue weighted by molar-refractivity contribution is 7.89. The second-order valence-electron chi connectivity index (χ2n) is 5.18. The number of nitrogens with zero attached hydrogens (tertiary/aromatic N) is 4. The van der Waals surface area contributed by atoms with Crippen molar-refractivity contribution in [2.24, 2.45) is 0 Å². The fraction of sp³-hybridized carbons (Fsp3) is 0.462. The number of anilines is 1. The van der Waals surface area contributed by atoms with Gasteiger partial charge in [0, 0.05) is 25.9 Å². The fourth-order valence-corrected chi connectivity index (χ4v) is 4.30. The van der Waals surface area contributed by atoms with Gasteiger partial charge in [-0.05, 0) is 19.8 Å². The second-order valence-corrected chi connectivity index (χ2v) is 7.07. The van der Waals surface area contributed by atoms with Gasteiger partial charge in [-0.2, -0.15) is 9.40 Å². The minimum absolute atomic E-state index is 0.180. The van der Waals surface area contributed by atoms with Crippen molar-refractivity contribution in [3.63, 3.8) is 0 Å². The third-order valence-electron chi connectivity index (χ3n) is 3.74. The van der Waals surface area contributed by atoms with Gasteiger partial charge in [0.15, 0.2) is 0 Å². The molecule has 0 spiro atoms. The highest BCUT2D eigenvalue weighted by atomic mass is 32.2. The van der Waals surface area contributed by atoms with E-state index in [1.807, 2.05) is 0 Å². The molecule has 2 N–H and O–H groups in total. The molecule has 2 aromatic rings. The van der Waals surface area contributed by atoms with E-state index in [0.717, 1.165) is 18.5 Å². The van der Waals surface area contributed by atoms with E-state index in [9.17, 15) is 8.42 Å². The predicted octanol–water partition coefficient (Wildman–Crippen LogP) is 1.08. The Kier molecular flexibility index (Phi) is 3.83. The number of rotatable bonds is 4. The Morgan fingerprint density at radius 3 is 2.91 bits per heavy atom. The van der Waals surface area contributed by atoms with Gasteiger partial charge < -0.3 is 5.32 Å². The molecule has 0 radical (unpaired) electrons. The minimum Gasteiger partial charge on any atom is -0.373 e. The molecule has 1 fully saturated rings. The van der Waals surface area contributed by atoms with Crippen molar-refractivity contribution < 1.29 is 8.42 Å². The van der Waals surface area contributed by atoms with Gasteiger partial charge in [-0.3, -0.25) is 5.10 Å². The molecule has 118 valence electrons. The average molecular weight is 322 g/mol. The van der Waals surface area contributed by atoms with E-state index in [1.165, 1.54) is 16.7 Å². The number of nitrogens with one attached hydrogen (secondary N) is 2. The van der Waals surface area contributed by atoms with Gasteiger partial charge in [-0.25, -0.2) is 18.4 Å². The van der Waals surface area contributed by atoms with E-state index < -0.39 is 10.0 Å². The Labute approximate surface area is 129 Å². The molecule has 9 heteroatoms. The number of aromatic nitrogens is 4. The van der Waals surface area contributed by atoms with Crippen molar-refractivity contribution in [1.82, 2.24) is 24.5 Å². The summed E-state index contributed by atoms with van der Waals surface area (Å²) in [5.74, 6) is 1.31. The normalized spacial score (nSPS) is 19.5. The first-order valence-corrected chi connectivity index (χ1v) is 8.50. The maximum atomic E-state index is 12.7. The number of aromatic amines is 1. The van der Waals surface area contributed by atoms with Gasteiger partial charge in [-0.15, -0.1) is 0 Å². The number of aryl methyl sites for hydroxylation is 1. The summed E-state index contributed by atoms with van der Waals surface area (Å²) in [4.78, 5) is 8.86. The Balaban J connectivity index is 1.99. The Morgan fingerprint density at radius 1 is 1.41 bits per heavy atom. The number of hydrogen-bond acceptors (Lipinski definition) is 6. The third-order valence-corrected chi connectivity index (χ3v) is 5.61. The van der Waals surface area contributed by atoms with Crippen LogP contribution in [0, 0.1) is 6.92 Å². The van der Waals surface area contributed by atoms with Crippen LogP contribution in [-0.4, -0.2) is 46.5 Å². The first-order valence-electron chi connectivity index (χ1n) is 7.06. The summed E-state index contributed by atoms with van der Waals surface area (Å²) in [6.45, 7) is 2.28. The molecule has 1 aliphatic rings. The molecule has 2 aromatic heterocycles. The van der Waals surface area contributed by atoms with Crippen LogP contribution in [0.5, 0.6) is 0 Å². The van der Waals surface area contributed by atoms with Gasteiger partial charge in [-0.1, -0.05) is 0 Å². The third kappa shape index (κ3) is 2.57. The van der Waals surface area contributed by atoms with Crippen LogP contribution in [0.1, 0.15) is 30.4 Å². The molecule has 3 heterocycles. The van der Waals surface area contributed by atoms with Crippen LogP contribution in [0.3, 0.4) is 0 Å². The zero-order chi connectivity index (χ0) is 15.7. The van der Waals surface area contributed by atoms with E-state index >= 15 is 0 Å². The van der Waals surface area contributed by atoms with E-state index in [-0.39, 0.29) is 10.9 Å². The molecule has 8 nitrogen and oxygen atoms in total. The summed E-state index contributed by atoms with van der Waals surface area (Å²) in [7, 11) is -1.79. The van der Waals surface area contributed by atoms with Crippen LogP contribution >= 0.6 is 0 Å². The maximum Gasteiger partial charge on any atom is 0.246 e. The number of hydrogen-bond donors (Lipinski definition) is 2. The molecule has 1 unspecified atom stereocenters. The van der Waals surface area contributed by atoms with Gasteiger partial charge in [0.1, 0.15) is 16.5 Å². The Bertz CT molecular complexity index is 759. The summed E-state index contributed by atoms with van der Waals surface area (Å²) in [6, 6.07) is 1.54. The van der Waals surface area contributed by atoms with Gasteiger partial charge >= 0.3 is 0 Å². The number of sulfonamides is 1. The van der Waals surface area contributed by atoms with Gasteiger partial charge in [0.2, 0.25) is 10.0 Å². The topological polar surface area (TPSA) is 104 Å². The highest BCUT2D eigenvalue weighted by Crippen LogP contribution is 2.36. The summed E-state index contributed by atoms with van der Waals surface area (Å²) in [6.07, 6.45) is 4.28. The molecular weight excluding hydrogens is 304 g/mol. The SMILES string of the molecule is CNc1cc(C2CCCN2S(=O)(=O)c2cn[nH]c2)nc(C)n1. The van der Waals surface area contributed by atoms with Gasteiger partial charge in [0.05, 0.1) is 17.9 Å². The lowest BCUT2D eigenvalue weighted by atomic mass is 10.1. The standard InChI is InChI=1S/C13H18N6O2S/c1-9-17-11(6-13(14-2)18-9)12-4-3-5-19(12)22(20,21)10-7-15-16-8-10/h6-8,12H,3-5H2,1-2H3,(H,15,16)(H,14,17,18). The molecule has 0 aliphatic carbocycles. The Morgan fingerprint density at radius 2 is 2.23 bits per heavy atom. The first kappa shape index (κ1) is 14.9. The summed E-state index contributed by atoms with van der Waals surface area (Å²) in [5.41, 5.74) is 0.724. The van der Waals surface area contributed by atoms with Crippen molar-refractivity contribution in [3.05, 3.63) is 30.0 Å². The maximum absolute atomic E-state index is 12.7. The fourth-order valence-electron chi connectivity index (χ4n) is 2.73. The summed E-state index contributed by atoms with van der Waals surface area (Å²) < 4.78 is 27.0. The second kappa shape index (κ2) is 5.65. The van der Waals surface area contributed by atoms with Crippen molar-refractivity contribution in [1.29, 1.82) is 0 Å². The van der Waals surface area contributed by atoms with Crippen molar-refractivity contribution in [2.75, 3.05) is 18.9 Å². The monoisotopic (exact) mass is 322 g/mol. The van der Waals surface area contributed by atoms with Crippen LogP contribution in [0.15, 0.2) is 23.4 Å². The van der Waals surface area contributed by atoms with E-state index in [0.29, 0.717) is 18.2 Å². The lowest BCUT2D eigenvalue weighted by Gasteiger charge is -2.23. The lowest BCUT2D eigenvalue weighted by Crippen LogP contribution is -2.31. The smallest absolute Gasteiger partial charge is 0.246 e. The minimum atomic E-state index is -3.57. The molecule has 0 bridgehead atoms. The predicted molar refractivity (Wildman–Crippen MR) is 80.8 cm³/mol. The van der Waals surface area contributed by atoms with Crippen molar-refractivity contribution >= 4 is 15.8 Å². The molecule has 0 saturated carbocycles. The Hall–Kier alpha value is -2.00. The average Bonchev–Trinajstić information content (AvgIpc) is 3.18. The zero-order valence-corrected chi connectivity index (χ0v) is 13.3. The van der Waals surface area contributed by atoms with E-state index in [4.69, 9.17) is 0 Å². The van der Waals surface area contributed by atoms with Crippen molar-refractivity contribution in [3.8, 4) is 0 Å². The molecule has 3 rings (SSSR count). The van der Waals surface area contributed by atoms with E-state index in [1.54, 1.807) is 20.0 Å². The lowest BCUT2D eigenvalue weighted by molar-refractivity contribution is 0.390. The molecule has 0 aromatic carbocycles. The largest absolute Gasteiger partial charge is 0.373 e. The zero-order valence-electron chi connectivity index (χ0n) is 12.4. The quantitative estimate of drug-likeness (QED) is 0.873. The molecule has 0 amide bonds.